The van der Waals surface area contributed by atoms with Gasteiger partial charge in [-0.15, -0.1) is 10.2 Å². The largest absolute Gasteiger partial charge is 0.495 e. The van der Waals surface area contributed by atoms with Crippen LogP contribution >= 0.6 is 23.4 Å². The molecule has 1 amide bonds. The molecule has 0 bridgehead atoms. The average molecular weight is 415 g/mol. The van der Waals surface area contributed by atoms with Crippen molar-refractivity contribution in [2.24, 2.45) is 0 Å². The van der Waals surface area contributed by atoms with Gasteiger partial charge in [0.05, 0.1) is 23.6 Å². The number of nitrogens with zero attached hydrogens (tertiary/aromatic N) is 3. The molecule has 6 nitrogen and oxygen atoms in total. The number of amides is 1. The molecule has 0 unspecified atom stereocenters. The average Bonchev–Trinajstić information content (AvgIpc) is 3.42. The lowest BCUT2D eigenvalue weighted by Crippen LogP contribution is -2.27. The van der Waals surface area contributed by atoms with Crippen LogP contribution in [0.3, 0.4) is 0 Å². The van der Waals surface area contributed by atoms with Crippen molar-refractivity contribution in [2.75, 3.05) is 12.9 Å². The molecule has 4 rings (SSSR count). The first-order valence-electron chi connectivity index (χ1n) is 8.92. The molecule has 1 N–H and O–H groups in total. The number of benzene rings is 2. The number of aromatic nitrogens is 3. The lowest BCUT2D eigenvalue weighted by atomic mass is 10.2. The van der Waals surface area contributed by atoms with E-state index in [4.69, 9.17) is 16.3 Å². The Bertz CT molecular complexity index is 989. The first-order valence-corrected chi connectivity index (χ1v) is 10.3. The second-order valence-corrected chi connectivity index (χ2v) is 7.81. The number of ether oxygens (including phenoxy) is 1. The molecule has 1 saturated carbocycles. The fraction of sp³-hybridized carbons (Fsp3) is 0.250. The summed E-state index contributed by atoms with van der Waals surface area (Å²) in [5, 5.41) is 12.8. The van der Waals surface area contributed by atoms with Crippen molar-refractivity contribution in [3.05, 3.63) is 53.6 Å². The van der Waals surface area contributed by atoms with Crippen molar-refractivity contribution < 1.29 is 9.53 Å². The molecule has 1 heterocycles. The summed E-state index contributed by atoms with van der Waals surface area (Å²) in [5.74, 6) is 1.58. The molecule has 1 aromatic heterocycles. The quantitative estimate of drug-likeness (QED) is 0.592. The standard InChI is InChI=1S/C20H19ClN4O2S/c1-27-17-10-9-15(11-16(17)21)25-19(13-5-3-2-4-6-13)23-24-20(25)28-12-18(26)22-14-7-8-14/h2-6,9-11,14H,7-8,12H2,1H3,(H,22,26). The van der Waals surface area contributed by atoms with Crippen LogP contribution in [0.1, 0.15) is 12.8 Å². The summed E-state index contributed by atoms with van der Waals surface area (Å²) in [7, 11) is 1.58. The highest BCUT2D eigenvalue weighted by Gasteiger charge is 2.24. The Kier molecular flexibility index (Phi) is 5.54. The zero-order valence-corrected chi connectivity index (χ0v) is 16.8. The van der Waals surface area contributed by atoms with Crippen molar-refractivity contribution in [1.29, 1.82) is 0 Å². The predicted molar refractivity (Wildman–Crippen MR) is 110 cm³/mol. The number of carbonyl (C=O) groups excluding carboxylic acids is 1. The summed E-state index contributed by atoms with van der Waals surface area (Å²) in [4.78, 5) is 12.1. The maximum absolute atomic E-state index is 12.1. The van der Waals surface area contributed by atoms with Gasteiger partial charge in [-0.25, -0.2) is 0 Å². The van der Waals surface area contributed by atoms with Crippen LogP contribution in [0, 0.1) is 0 Å². The van der Waals surface area contributed by atoms with E-state index in [0.717, 1.165) is 24.1 Å². The first kappa shape index (κ1) is 18.8. The van der Waals surface area contributed by atoms with Gasteiger partial charge in [0.25, 0.3) is 0 Å². The monoisotopic (exact) mass is 414 g/mol. The Morgan fingerprint density at radius 2 is 2.04 bits per heavy atom. The van der Waals surface area contributed by atoms with Crippen LogP contribution in [-0.2, 0) is 4.79 Å². The fourth-order valence-corrected chi connectivity index (χ4v) is 3.81. The van der Waals surface area contributed by atoms with Gasteiger partial charge in [-0.2, -0.15) is 0 Å². The van der Waals surface area contributed by atoms with Crippen LogP contribution in [0.2, 0.25) is 5.02 Å². The third-order valence-corrected chi connectivity index (χ3v) is 5.56. The summed E-state index contributed by atoms with van der Waals surface area (Å²) in [5.41, 5.74) is 1.73. The minimum Gasteiger partial charge on any atom is -0.495 e. The molecule has 0 radical (unpaired) electrons. The van der Waals surface area contributed by atoms with E-state index in [1.165, 1.54) is 11.8 Å². The van der Waals surface area contributed by atoms with Crippen molar-refractivity contribution >= 4 is 29.3 Å². The van der Waals surface area contributed by atoms with Gasteiger partial charge in [0.15, 0.2) is 11.0 Å². The number of carbonyl (C=O) groups is 1. The highest BCUT2D eigenvalue weighted by molar-refractivity contribution is 7.99. The topological polar surface area (TPSA) is 69.0 Å². The van der Waals surface area contributed by atoms with E-state index in [2.05, 4.69) is 15.5 Å². The molecule has 0 aliphatic heterocycles. The highest BCUT2D eigenvalue weighted by atomic mass is 35.5. The van der Waals surface area contributed by atoms with E-state index < -0.39 is 0 Å². The molecule has 0 saturated heterocycles. The second-order valence-electron chi connectivity index (χ2n) is 6.46. The Balaban J connectivity index is 1.69. The summed E-state index contributed by atoms with van der Waals surface area (Å²) < 4.78 is 7.17. The number of rotatable bonds is 7. The van der Waals surface area contributed by atoms with Gasteiger partial charge in [-0.3, -0.25) is 9.36 Å². The third-order valence-electron chi connectivity index (χ3n) is 4.33. The summed E-state index contributed by atoms with van der Waals surface area (Å²) in [6.45, 7) is 0. The van der Waals surface area contributed by atoms with Gasteiger partial charge < -0.3 is 10.1 Å². The second kappa shape index (κ2) is 8.24. The zero-order chi connectivity index (χ0) is 19.5. The van der Waals surface area contributed by atoms with E-state index >= 15 is 0 Å². The zero-order valence-electron chi connectivity index (χ0n) is 15.3. The lowest BCUT2D eigenvalue weighted by Gasteiger charge is -2.12. The molecular weight excluding hydrogens is 396 g/mol. The minimum atomic E-state index is 0.0103. The van der Waals surface area contributed by atoms with Crippen LogP contribution in [0.4, 0.5) is 0 Å². The Hall–Kier alpha value is -2.51. The third kappa shape index (κ3) is 4.15. The maximum atomic E-state index is 12.1. The van der Waals surface area contributed by atoms with Crippen LogP contribution in [0.15, 0.2) is 53.7 Å². The summed E-state index contributed by atoms with van der Waals surface area (Å²) >= 11 is 7.69. The number of nitrogens with one attached hydrogen (secondary N) is 1. The SMILES string of the molecule is COc1ccc(-n2c(SCC(=O)NC3CC3)nnc2-c2ccccc2)cc1Cl. The Morgan fingerprint density at radius 3 is 2.71 bits per heavy atom. The van der Waals surface area contributed by atoms with Crippen LogP contribution in [0.5, 0.6) is 5.75 Å². The van der Waals surface area contributed by atoms with Crippen molar-refractivity contribution in [3.8, 4) is 22.8 Å². The van der Waals surface area contributed by atoms with Gasteiger partial charge in [0.2, 0.25) is 5.91 Å². The normalized spacial score (nSPS) is 13.4. The van der Waals surface area contributed by atoms with E-state index in [-0.39, 0.29) is 11.7 Å². The van der Waals surface area contributed by atoms with Gasteiger partial charge in [-0.1, -0.05) is 53.7 Å². The molecule has 1 fully saturated rings. The molecule has 28 heavy (non-hydrogen) atoms. The van der Waals surface area contributed by atoms with E-state index in [0.29, 0.717) is 27.8 Å². The smallest absolute Gasteiger partial charge is 0.230 e. The molecular formula is C20H19ClN4O2S. The predicted octanol–water partition coefficient (Wildman–Crippen LogP) is 3.97. The number of methoxy groups -OCH3 is 1. The molecule has 8 heteroatoms. The summed E-state index contributed by atoms with van der Waals surface area (Å²) in [6, 6.07) is 15.6. The summed E-state index contributed by atoms with van der Waals surface area (Å²) in [6.07, 6.45) is 2.13. The Labute approximate surface area is 172 Å². The van der Waals surface area contributed by atoms with Crippen molar-refractivity contribution in [2.45, 2.75) is 24.0 Å². The number of thioether (sulfide) groups is 1. The molecule has 144 valence electrons. The fourth-order valence-electron chi connectivity index (χ4n) is 2.79. The maximum Gasteiger partial charge on any atom is 0.230 e. The van der Waals surface area contributed by atoms with Crippen LogP contribution in [-0.4, -0.2) is 39.6 Å². The molecule has 0 spiro atoms. The molecule has 0 atom stereocenters. The van der Waals surface area contributed by atoms with Gasteiger partial charge in [-0.05, 0) is 31.0 Å². The highest BCUT2D eigenvalue weighted by Crippen LogP contribution is 2.32. The molecule has 1 aliphatic carbocycles. The van der Waals surface area contributed by atoms with Crippen molar-refractivity contribution in [3.63, 3.8) is 0 Å². The van der Waals surface area contributed by atoms with Crippen LogP contribution in [0.25, 0.3) is 17.1 Å². The van der Waals surface area contributed by atoms with Gasteiger partial charge in [0.1, 0.15) is 5.75 Å². The van der Waals surface area contributed by atoms with Gasteiger partial charge in [0, 0.05) is 11.6 Å². The van der Waals surface area contributed by atoms with Crippen LogP contribution < -0.4 is 10.1 Å². The molecule has 2 aromatic carbocycles. The number of hydrogen-bond acceptors (Lipinski definition) is 5. The number of hydrogen-bond donors (Lipinski definition) is 1. The van der Waals surface area contributed by atoms with Gasteiger partial charge >= 0.3 is 0 Å². The molecule has 3 aromatic rings. The Morgan fingerprint density at radius 1 is 1.25 bits per heavy atom. The minimum absolute atomic E-state index is 0.0103. The first-order chi connectivity index (χ1) is 13.7. The van der Waals surface area contributed by atoms with E-state index in [9.17, 15) is 4.79 Å². The molecule has 1 aliphatic rings. The number of halogens is 1. The lowest BCUT2D eigenvalue weighted by molar-refractivity contribution is -0.118. The van der Waals surface area contributed by atoms with Crippen molar-refractivity contribution in [1.82, 2.24) is 20.1 Å². The van der Waals surface area contributed by atoms with E-state index in [1.807, 2.05) is 47.0 Å². The van der Waals surface area contributed by atoms with E-state index in [1.54, 1.807) is 13.2 Å².